The van der Waals surface area contributed by atoms with Crippen molar-refractivity contribution >= 4 is 33.4 Å². The fourth-order valence-corrected chi connectivity index (χ4v) is 3.33. The molecule has 0 aliphatic heterocycles. The van der Waals surface area contributed by atoms with E-state index in [9.17, 15) is 9.59 Å². The number of carbonyl (C=O) groups is 1. The maximum atomic E-state index is 12.6. The van der Waals surface area contributed by atoms with Gasteiger partial charge in [0.15, 0.2) is 0 Å². The zero-order chi connectivity index (χ0) is 16.4. The van der Waals surface area contributed by atoms with Gasteiger partial charge >= 0.3 is 0 Å². The van der Waals surface area contributed by atoms with E-state index in [1.165, 1.54) is 17.7 Å². The smallest absolute Gasteiger partial charge is 0.268 e. The van der Waals surface area contributed by atoms with Gasteiger partial charge in [-0.2, -0.15) is 10.1 Å². The molecule has 9 heteroatoms. The van der Waals surface area contributed by atoms with E-state index in [1.807, 2.05) is 0 Å². The number of rotatable bonds is 5. The number of thiophene rings is 1. The normalized spacial score (nSPS) is 11.0. The predicted octanol–water partition coefficient (Wildman–Crippen LogP) is 1.94. The van der Waals surface area contributed by atoms with Gasteiger partial charge in [-0.3, -0.25) is 19.5 Å². The van der Waals surface area contributed by atoms with Crippen LogP contribution in [-0.2, 0) is 6.54 Å². The van der Waals surface area contributed by atoms with Crippen molar-refractivity contribution in [3.05, 3.63) is 33.4 Å². The van der Waals surface area contributed by atoms with Gasteiger partial charge in [0, 0.05) is 6.54 Å². The molecule has 0 bridgehead atoms. The summed E-state index contributed by atoms with van der Waals surface area (Å²) >= 11 is 1.20. The third-order valence-corrected chi connectivity index (χ3v) is 4.72. The molecule has 1 amide bonds. The molecule has 0 aromatic carbocycles. The van der Waals surface area contributed by atoms with Crippen LogP contribution in [0.15, 0.2) is 17.4 Å². The second kappa shape index (κ2) is 6.29. The second-order valence-electron chi connectivity index (χ2n) is 5.12. The van der Waals surface area contributed by atoms with Crippen LogP contribution >= 0.6 is 11.3 Å². The molecule has 3 aromatic heterocycles. The minimum Gasteiger partial charge on any atom is -0.299 e. The lowest BCUT2D eigenvalue weighted by Crippen LogP contribution is -2.20. The maximum Gasteiger partial charge on any atom is 0.268 e. The molecular formula is C14H16N6O2S. The van der Waals surface area contributed by atoms with Crippen LogP contribution in [0.2, 0.25) is 0 Å². The summed E-state index contributed by atoms with van der Waals surface area (Å²) in [4.78, 5) is 34.1. The third kappa shape index (κ3) is 2.87. The molecule has 0 aliphatic carbocycles. The first-order valence-corrected chi connectivity index (χ1v) is 8.08. The SMILES string of the molecule is CCCCn1cnc2sc(C(=O)Nc3ncn[nH]3)c(C)c2c1=O. The minimum absolute atomic E-state index is 0.101. The number of unbranched alkanes of at least 4 members (excludes halogenated alkanes) is 1. The van der Waals surface area contributed by atoms with Gasteiger partial charge in [-0.25, -0.2) is 10.1 Å². The zero-order valence-electron chi connectivity index (χ0n) is 12.8. The van der Waals surface area contributed by atoms with Crippen LogP contribution in [0.5, 0.6) is 0 Å². The Morgan fingerprint density at radius 1 is 1.43 bits per heavy atom. The number of anilines is 1. The molecule has 0 aliphatic rings. The Hall–Kier alpha value is -2.55. The predicted molar refractivity (Wildman–Crippen MR) is 87.9 cm³/mol. The van der Waals surface area contributed by atoms with Crippen molar-refractivity contribution in [1.29, 1.82) is 0 Å². The van der Waals surface area contributed by atoms with Crippen LogP contribution in [0.1, 0.15) is 35.0 Å². The van der Waals surface area contributed by atoms with Crippen LogP contribution in [0, 0.1) is 6.92 Å². The Balaban J connectivity index is 1.99. The molecule has 0 saturated carbocycles. The monoisotopic (exact) mass is 332 g/mol. The van der Waals surface area contributed by atoms with Crippen LogP contribution in [0.25, 0.3) is 10.2 Å². The summed E-state index contributed by atoms with van der Waals surface area (Å²) in [5.41, 5.74) is 0.543. The Morgan fingerprint density at radius 2 is 2.26 bits per heavy atom. The van der Waals surface area contributed by atoms with E-state index in [0.29, 0.717) is 27.2 Å². The quantitative estimate of drug-likeness (QED) is 0.743. The standard InChI is InChI=1S/C14H16N6O2S/c1-3-4-5-20-7-16-12-9(13(20)22)8(2)10(23-12)11(21)18-14-15-6-17-19-14/h6-7H,3-5H2,1-2H3,(H2,15,17,18,19,21). The van der Waals surface area contributed by atoms with E-state index in [2.05, 4.69) is 32.4 Å². The zero-order valence-corrected chi connectivity index (χ0v) is 13.6. The van der Waals surface area contributed by atoms with Gasteiger partial charge in [-0.1, -0.05) is 13.3 Å². The minimum atomic E-state index is -0.332. The van der Waals surface area contributed by atoms with Gasteiger partial charge in [0.25, 0.3) is 11.5 Å². The molecule has 0 saturated heterocycles. The Bertz CT molecular complexity index is 896. The second-order valence-corrected chi connectivity index (χ2v) is 6.12. The number of nitrogens with zero attached hydrogens (tertiary/aromatic N) is 4. The van der Waals surface area contributed by atoms with E-state index in [1.54, 1.807) is 17.8 Å². The highest BCUT2D eigenvalue weighted by Gasteiger charge is 2.20. The van der Waals surface area contributed by atoms with E-state index in [4.69, 9.17) is 0 Å². The van der Waals surface area contributed by atoms with Gasteiger partial charge in [0.05, 0.1) is 16.6 Å². The van der Waals surface area contributed by atoms with Crippen LogP contribution in [0.3, 0.4) is 0 Å². The number of aromatic amines is 1. The number of fused-ring (bicyclic) bond motifs is 1. The number of carbonyl (C=O) groups excluding carboxylic acids is 1. The summed E-state index contributed by atoms with van der Waals surface area (Å²) in [6.45, 7) is 4.47. The Kier molecular flexibility index (Phi) is 4.20. The molecule has 3 aromatic rings. The van der Waals surface area contributed by atoms with Gasteiger partial charge in [0.1, 0.15) is 11.2 Å². The first-order chi connectivity index (χ1) is 11.1. The molecule has 2 N–H and O–H groups in total. The average Bonchev–Trinajstić information content (AvgIpc) is 3.15. The molecule has 3 heterocycles. The van der Waals surface area contributed by atoms with Crippen molar-refractivity contribution in [2.24, 2.45) is 0 Å². The molecule has 23 heavy (non-hydrogen) atoms. The lowest BCUT2D eigenvalue weighted by atomic mass is 10.2. The van der Waals surface area contributed by atoms with E-state index in [-0.39, 0.29) is 17.4 Å². The molecule has 120 valence electrons. The number of H-pyrrole nitrogens is 1. The third-order valence-electron chi connectivity index (χ3n) is 3.52. The summed E-state index contributed by atoms with van der Waals surface area (Å²) in [5.74, 6) is -0.0677. The van der Waals surface area contributed by atoms with Crippen LogP contribution < -0.4 is 10.9 Å². The van der Waals surface area contributed by atoms with E-state index < -0.39 is 0 Å². The molecule has 0 atom stereocenters. The van der Waals surface area contributed by atoms with Crippen molar-refractivity contribution in [3.8, 4) is 0 Å². The topological polar surface area (TPSA) is 106 Å². The fourth-order valence-electron chi connectivity index (χ4n) is 2.29. The summed E-state index contributed by atoms with van der Waals surface area (Å²) in [5, 5.41) is 9.36. The van der Waals surface area contributed by atoms with Crippen molar-refractivity contribution in [3.63, 3.8) is 0 Å². The Labute approximate surface area is 135 Å². The number of hydrogen-bond acceptors (Lipinski definition) is 6. The Morgan fingerprint density at radius 3 is 2.96 bits per heavy atom. The van der Waals surface area contributed by atoms with E-state index >= 15 is 0 Å². The number of aryl methyl sites for hydroxylation is 2. The van der Waals surface area contributed by atoms with Crippen molar-refractivity contribution in [1.82, 2.24) is 24.7 Å². The van der Waals surface area contributed by atoms with E-state index in [0.717, 1.165) is 12.8 Å². The van der Waals surface area contributed by atoms with Crippen molar-refractivity contribution in [2.45, 2.75) is 33.2 Å². The summed E-state index contributed by atoms with van der Waals surface area (Å²) in [7, 11) is 0. The highest BCUT2D eigenvalue weighted by molar-refractivity contribution is 7.20. The van der Waals surface area contributed by atoms with Crippen LogP contribution in [0.4, 0.5) is 5.95 Å². The number of hydrogen-bond donors (Lipinski definition) is 2. The maximum absolute atomic E-state index is 12.6. The number of aromatic nitrogens is 5. The first-order valence-electron chi connectivity index (χ1n) is 7.27. The van der Waals surface area contributed by atoms with Gasteiger partial charge < -0.3 is 0 Å². The van der Waals surface area contributed by atoms with Crippen molar-refractivity contribution < 1.29 is 4.79 Å². The molecule has 0 spiro atoms. The number of nitrogens with one attached hydrogen (secondary N) is 2. The lowest BCUT2D eigenvalue weighted by Gasteiger charge is -2.03. The highest BCUT2D eigenvalue weighted by Crippen LogP contribution is 2.27. The average molecular weight is 332 g/mol. The van der Waals surface area contributed by atoms with Gasteiger partial charge in [-0.05, 0) is 18.9 Å². The summed E-state index contributed by atoms with van der Waals surface area (Å²) < 4.78 is 1.60. The first kappa shape index (κ1) is 15.3. The van der Waals surface area contributed by atoms with Gasteiger partial charge in [0.2, 0.25) is 5.95 Å². The van der Waals surface area contributed by atoms with Crippen LogP contribution in [-0.4, -0.2) is 30.6 Å². The van der Waals surface area contributed by atoms with Gasteiger partial charge in [-0.15, -0.1) is 11.3 Å². The largest absolute Gasteiger partial charge is 0.299 e. The molecule has 8 nitrogen and oxygen atoms in total. The number of amides is 1. The highest BCUT2D eigenvalue weighted by atomic mass is 32.1. The molecule has 0 radical (unpaired) electrons. The summed E-state index contributed by atoms with van der Waals surface area (Å²) in [6.07, 6.45) is 4.77. The molecule has 3 rings (SSSR count). The fraction of sp³-hybridized carbons (Fsp3) is 0.357. The summed E-state index contributed by atoms with van der Waals surface area (Å²) in [6, 6.07) is 0. The molecule has 0 unspecified atom stereocenters. The molecular weight excluding hydrogens is 316 g/mol. The lowest BCUT2D eigenvalue weighted by molar-refractivity contribution is 0.102. The van der Waals surface area contributed by atoms with Crippen molar-refractivity contribution in [2.75, 3.05) is 5.32 Å². The molecule has 0 fully saturated rings.